The number of nitrogens with one attached hydrogen (secondary N) is 1. The summed E-state index contributed by atoms with van der Waals surface area (Å²) < 4.78 is 41.3. The molecule has 0 aliphatic carbocycles. The summed E-state index contributed by atoms with van der Waals surface area (Å²) in [6, 6.07) is 11.3. The Kier molecular flexibility index (Phi) is 8.93. The van der Waals surface area contributed by atoms with Crippen molar-refractivity contribution in [3.63, 3.8) is 0 Å². The maximum Gasteiger partial charge on any atom is 0.392 e. The second-order valence-electron chi connectivity index (χ2n) is 11.4. The lowest BCUT2D eigenvalue weighted by atomic mass is 9.77. The van der Waals surface area contributed by atoms with Crippen molar-refractivity contribution in [1.29, 1.82) is 0 Å². The molecule has 2 rings (SSSR count). The van der Waals surface area contributed by atoms with E-state index in [0.29, 0.717) is 5.56 Å². The molecule has 198 valence electrons. The molecule has 0 heterocycles. The van der Waals surface area contributed by atoms with Crippen molar-refractivity contribution in [3.05, 3.63) is 64.2 Å². The molecule has 0 spiro atoms. The van der Waals surface area contributed by atoms with Gasteiger partial charge in [-0.1, -0.05) is 90.4 Å². The number of benzene rings is 2. The summed E-state index contributed by atoms with van der Waals surface area (Å²) >= 11 is 6.27. The van der Waals surface area contributed by atoms with Crippen LogP contribution in [0, 0.1) is 17.3 Å². The number of alkyl halides is 3. The molecular formula is C28H35ClF3NO3. The zero-order chi connectivity index (χ0) is 27.6. The van der Waals surface area contributed by atoms with Crippen LogP contribution < -0.4 is 5.32 Å². The third kappa shape index (κ3) is 7.48. The molecule has 0 aliphatic heterocycles. The lowest BCUT2D eigenvalue weighted by Gasteiger charge is -2.28. The van der Waals surface area contributed by atoms with Gasteiger partial charge in [-0.25, -0.2) is 0 Å². The molecule has 0 aromatic heterocycles. The number of rotatable bonds is 7. The number of halogens is 4. The second-order valence-corrected chi connectivity index (χ2v) is 11.9. The van der Waals surface area contributed by atoms with Crippen molar-refractivity contribution in [2.45, 2.75) is 72.4 Å². The monoisotopic (exact) mass is 525 g/mol. The normalized spacial score (nSPS) is 15.2. The van der Waals surface area contributed by atoms with Gasteiger partial charge in [0.2, 0.25) is 5.91 Å². The molecule has 0 radical (unpaired) electrons. The first-order valence-electron chi connectivity index (χ1n) is 11.8. The fraction of sp³-hybridized carbons (Fsp3) is 0.500. The van der Waals surface area contributed by atoms with Crippen molar-refractivity contribution in [3.8, 4) is 0 Å². The molecule has 1 amide bonds. The average molecular weight is 526 g/mol. The van der Waals surface area contributed by atoms with Crippen LogP contribution in [0.2, 0.25) is 5.02 Å². The first-order chi connectivity index (χ1) is 16.3. The van der Waals surface area contributed by atoms with Crippen molar-refractivity contribution in [2.24, 2.45) is 17.3 Å². The number of carboxylic acids is 1. The van der Waals surface area contributed by atoms with Gasteiger partial charge in [0.25, 0.3) is 0 Å². The SMILES string of the molecule is C[C@H]([C@H](C(=O)Nc1cc(CC(C(=O)O)C(C)(C)C)ccc1Cl)c1ccc(C(C)(C)C)cc1)C(F)(F)F. The fourth-order valence-corrected chi connectivity index (χ4v) is 4.22. The molecule has 8 heteroatoms. The summed E-state index contributed by atoms with van der Waals surface area (Å²) in [5, 5.41) is 12.4. The number of carbonyl (C=O) groups excluding carboxylic acids is 1. The van der Waals surface area contributed by atoms with E-state index in [0.717, 1.165) is 12.5 Å². The maximum atomic E-state index is 13.8. The molecule has 2 N–H and O–H groups in total. The Morgan fingerprint density at radius 1 is 0.972 bits per heavy atom. The fourth-order valence-electron chi connectivity index (χ4n) is 4.05. The molecule has 2 aromatic rings. The molecule has 0 aliphatic rings. The molecule has 1 unspecified atom stereocenters. The highest BCUT2D eigenvalue weighted by Gasteiger charge is 2.45. The van der Waals surface area contributed by atoms with Gasteiger partial charge in [-0.3, -0.25) is 9.59 Å². The highest BCUT2D eigenvalue weighted by Crippen LogP contribution is 2.39. The number of carbonyl (C=O) groups is 2. The van der Waals surface area contributed by atoms with Crippen molar-refractivity contribution < 1.29 is 27.9 Å². The van der Waals surface area contributed by atoms with E-state index in [-0.39, 0.29) is 28.1 Å². The molecule has 2 aromatic carbocycles. The second kappa shape index (κ2) is 10.8. The zero-order valence-corrected chi connectivity index (χ0v) is 22.5. The predicted octanol–water partition coefficient (Wildman–Crippen LogP) is 7.85. The van der Waals surface area contributed by atoms with Gasteiger partial charge in [0, 0.05) is 0 Å². The highest BCUT2D eigenvalue weighted by atomic mass is 35.5. The van der Waals surface area contributed by atoms with Gasteiger partial charge >= 0.3 is 12.1 Å². The van der Waals surface area contributed by atoms with Gasteiger partial charge in [0.05, 0.1) is 28.5 Å². The van der Waals surface area contributed by atoms with Crippen LogP contribution in [-0.2, 0) is 21.4 Å². The third-order valence-electron chi connectivity index (χ3n) is 6.51. The van der Waals surface area contributed by atoms with Crippen LogP contribution in [0.5, 0.6) is 0 Å². The van der Waals surface area contributed by atoms with E-state index in [1.54, 1.807) is 30.3 Å². The quantitative estimate of drug-likeness (QED) is 0.387. The van der Waals surface area contributed by atoms with Gasteiger partial charge < -0.3 is 10.4 Å². The summed E-state index contributed by atoms with van der Waals surface area (Å²) in [7, 11) is 0. The Balaban J connectivity index is 2.42. The van der Waals surface area contributed by atoms with Crippen LogP contribution in [0.15, 0.2) is 42.5 Å². The molecule has 0 saturated heterocycles. The number of aliphatic carboxylic acids is 1. The molecule has 4 nitrogen and oxygen atoms in total. The molecule has 0 fully saturated rings. The van der Waals surface area contributed by atoms with E-state index in [9.17, 15) is 27.9 Å². The Morgan fingerprint density at radius 3 is 1.97 bits per heavy atom. The summed E-state index contributed by atoms with van der Waals surface area (Å²) in [4.78, 5) is 25.1. The van der Waals surface area contributed by atoms with Gasteiger partial charge in [-0.15, -0.1) is 0 Å². The lowest BCUT2D eigenvalue weighted by molar-refractivity contribution is -0.178. The van der Waals surface area contributed by atoms with Crippen LogP contribution in [0.4, 0.5) is 18.9 Å². The molecule has 36 heavy (non-hydrogen) atoms. The maximum absolute atomic E-state index is 13.8. The molecular weight excluding hydrogens is 491 g/mol. The Morgan fingerprint density at radius 2 is 1.53 bits per heavy atom. The minimum atomic E-state index is -4.60. The van der Waals surface area contributed by atoms with E-state index in [4.69, 9.17) is 11.6 Å². The smallest absolute Gasteiger partial charge is 0.392 e. The van der Waals surface area contributed by atoms with Gasteiger partial charge in [0.15, 0.2) is 0 Å². The Bertz CT molecular complexity index is 1080. The van der Waals surface area contributed by atoms with Crippen molar-refractivity contribution >= 4 is 29.2 Å². The Hall–Kier alpha value is -2.54. The summed E-state index contributed by atoms with van der Waals surface area (Å²) in [6.07, 6.45) is -4.42. The topological polar surface area (TPSA) is 66.4 Å². The van der Waals surface area contributed by atoms with Crippen molar-refractivity contribution in [2.75, 3.05) is 5.32 Å². The van der Waals surface area contributed by atoms with Crippen LogP contribution in [-0.4, -0.2) is 23.2 Å². The summed E-state index contributed by atoms with van der Waals surface area (Å²) in [5.74, 6) is -5.95. The van der Waals surface area contributed by atoms with Gasteiger partial charge in [0.1, 0.15) is 0 Å². The predicted molar refractivity (Wildman–Crippen MR) is 137 cm³/mol. The van der Waals surface area contributed by atoms with E-state index >= 15 is 0 Å². The zero-order valence-electron chi connectivity index (χ0n) is 21.8. The summed E-state index contributed by atoms with van der Waals surface area (Å²) in [6.45, 7) is 12.4. The van der Waals surface area contributed by atoms with E-state index < -0.39 is 41.2 Å². The molecule has 0 saturated carbocycles. The Labute approximate surface area is 216 Å². The largest absolute Gasteiger partial charge is 0.481 e. The van der Waals surface area contributed by atoms with Gasteiger partial charge in [-0.2, -0.15) is 13.2 Å². The average Bonchev–Trinajstić information content (AvgIpc) is 2.72. The standard InChI is InChI=1S/C28H35ClF3NO3/c1-16(28(30,31)32)23(18-9-11-19(12-10-18)26(2,3)4)24(34)33-22-15-17(8-13-21(22)29)14-20(25(35)36)27(5,6)7/h8-13,15-16,20,23H,14H2,1-7H3,(H,33,34)(H,35,36)/t16-,20?,23+/m1/s1. The van der Waals surface area contributed by atoms with E-state index in [2.05, 4.69) is 5.32 Å². The number of carboxylic acid groups (broad SMARTS) is 1. The first-order valence-corrected chi connectivity index (χ1v) is 12.2. The number of hydrogen-bond donors (Lipinski definition) is 2. The van der Waals surface area contributed by atoms with Crippen LogP contribution in [0.3, 0.4) is 0 Å². The number of amides is 1. The molecule has 0 bridgehead atoms. The number of hydrogen-bond acceptors (Lipinski definition) is 2. The van der Waals surface area contributed by atoms with E-state index in [1.807, 2.05) is 41.5 Å². The van der Waals surface area contributed by atoms with E-state index in [1.165, 1.54) is 12.1 Å². The molecule has 3 atom stereocenters. The van der Waals surface area contributed by atoms with Crippen LogP contribution in [0.25, 0.3) is 0 Å². The first kappa shape index (κ1) is 29.7. The van der Waals surface area contributed by atoms with Gasteiger partial charge in [-0.05, 0) is 46.1 Å². The third-order valence-corrected chi connectivity index (χ3v) is 6.84. The lowest BCUT2D eigenvalue weighted by Crippen LogP contribution is -2.34. The van der Waals surface area contributed by atoms with Crippen LogP contribution >= 0.6 is 11.6 Å². The minimum absolute atomic E-state index is 0.142. The minimum Gasteiger partial charge on any atom is -0.481 e. The highest BCUT2D eigenvalue weighted by molar-refractivity contribution is 6.33. The number of anilines is 1. The van der Waals surface area contributed by atoms with Crippen LogP contribution in [0.1, 0.15) is 71.1 Å². The summed E-state index contributed by atoms with van der Waals surface area (Å²) in [5.41, 5.74) is 1.21. The van der Waals surface area contributed by atoms with Crippen molar-refractivity contribution in [1.82, 2.24) is 0 Å².